The van der Waals surface area contributed by atoms with Crippen LogP contribution in [0.5, 0.6) is 0 Å². The minimum absolute atomic E-state index is 0.00361. The summed E-state index contributed by atoms with van der Waals surface area (Å²) in [5, 5.41) is 8.75. The summed E-state index contributed by atoms with van der Waals surface area (Å²) in [5.41, 5.74) is 1.82. The quantitative estimate of drug-likeness (QED) is 0.820. The van der Waals surface area contributed by atoms with Gasteiger partial charge in [-0.2, -0.15) is 0 Å². The molecule has 0 spiro atoms. The van der Waals surface area contributed by atoms with Crippen molar-refractivity contribution in [3.05, 3.63) is 29.8 Å². The lowest BCUT2D eigenvalue weighted by Gasteiger charge is -2.38. The number of benzene rings is 1. The van der Waals surface area contributed by atoms with Crippen molar-refractivity contribution in [3.63, 3.8) is 0 Å². The second-order valence-corrected chi connectivity index (χ2v) is 4.85. The Morgan fingerprint density at radius 2 is 2.10 bits per heavy atom. The number of nitrogens with zero attached hydrogens (tertiary/aromatic N) is 2. The molecule has 0 bridgehead atoms. The molecule has 1 aromatic carbocycles. The molecule has 2 amide bonds. The highest BCUT2D eigenvalue weighted by Gasteiger charge is 2.38. The number of rotatable bonds is 3. The van der Waals surface area contributed by atoms with Crippen LogP contribution in [0.25, 0.3) is 0 Å². The Kier molecular flexibility index (Phi) is 3.74. The predicted octanol–water partition coefficient (Wildman–Crippen LogP) is 0.643. The fraction of sp³-hybridized carbons (Fsp3) is 0.357. The average Bonchev–Trinajstić information content (AvgIpc) is 2.38. The number of hydrogen-bond donors (Lipinski definition) is 1. The van der Waals surface area contributed by atoms with E-state index < -0.39 is 30.4 Å². The van der Waals surface area contributed by atoms with Crippen molar-refractivity contribution in [1.29, 1.82) is 0 Å². The number of carbonyl (C=O) groups is 3. The molecule has 1 fully saturated rings. The van der Waals surface area contributed by atoms with Gasteiger partial charge in [-0.25, -0.2) is 0 Å². The largest absolute Gasteiger partial charge is 0.480 e. The van der Waals surface area contributed by atoms with E-state index in [4.69, 9.17) is 5.11 Å². The van der Waals surface area contributed by atoms with Crippen molar-refractivity contribution in [2.45, 2.75) is 19.9 Å². The first-order valence-electron chi connectivity index (χ1n) is 6.29. The minimum atomic E-state index is -1.19. The monoisotopic (exact) mass is 276 g/mol. The number of carboxylic acids is 1. The molecular weight excluding hydrogens is 260 g/mol. The molecule has 0 radical (unpaired) electrons. The second-order valence-electron chi connectivity index (χ2n) is 4.85. The van der Waals surface area contributed by atoms with E-state index in [0.717, 1.165) is 16.2 Å². The van der Waals surface area contributed by atoms with Crippen molar-refractivity contribution in [2.24, 2.45) is 0 Å². The van der Waals surface area contributed by atoms with Gasteiger partial charge in [0.25, 0.3) is 5.91 Å². The van der Waals surface area contributed by atoms with E-state index in [2.05, 4.69) is 0 Å². The number of amides is 2. The minimum Gasteiger partial charge on any atom is -0.480 e. The molecule has 106 valence electrons. The first-order chi connectivity index (χ1) is 9.40. The molecule has 0 aromatic heterocycles. The number of carbonyl (C=O) groups excluding carboxylic acids is 2. The first kappa shape index (κ1) is 14.0. The maximum Gasteiger partial charge on any atom is 0.323 e. The van der Waals surface area contributed by atoms with Crippen molar-refractivity contribution in [3.8, 4) is 0 Å². The Morgan fingerprint density at radius 1 is 1.40 bits per heavy atom. The van der Waals surface area contributed by atoms with E-state index in [9.17, 15) is 14.4 Å². The van der Waals surface area contributed by atoms with E-state index >= 15 is 0 Å². The van der Waals surface area contributed by atoms with Gasteiger partial charge in [-0.1, -0.05) is 12.1 Å². The summed E-state index contributed by atoms with van der Waals surface area (Å²) < 4.78 is 0. The molecule has 1 aliphatic heterocycles. The molecule has 2 rings (SSSR count). The summed E-state index contributed by atoms with van der Waals surface area (Å²) in [6.07, 6.45) is 0. The maximum atomic E-state index is 12.1. The number of anilines is 1. The molecule has 20 heavy (non-hydrogen) atoms. The van der Waals surface area contributed by atoms with Gasteiger partial charge in [0.15, 0.2) is 0 Å². The Labute approximate surface area is 116 Å². The van der Waals surface area contributed by atoms with Gasteiger partial charge in [-0.05, 0) is 31.5 Å². The summed E-state index contributed by atoms with van der Waals surface area (Å²) in [4.78, 5) is 37.3. The van der Waals surface area contributed by atoms with Gasteiger partial charge in [0, 0.05) is 5.69 Å². The zero-order valence-electron chi connectivity index (χ0n) is 11.4. The van der Waals surface area contributed by atoms with Gasteiger partial charge in [0.05, 0.1) is 6.54 Å². The second kappa shape index (κ2) is 5.32. The number of piperazine rings is 1. The summed E-state index contributed by atoms with van der Waals surface area (Å²) in [7, 11) is 0. The van der Waals surface area contributed by atoms with Crippen molar-refractivity contribution >= 4 is 23.5 Å². The molecular formula is C14H16N2O4. The van der Waals surface area contributed by atoms with Crippen molar-refractivity contribution in [1.82, 2.24) is 4.90 Å². The lowest BCUT2D eigenvalue weighted by molar-refractivity contribution is -0.154. The Morgan fingerprint density at radius 3 is 2.70 bits per heavy atom. The summed E-state index contributed by atoms with van der Waals surface area (Å²) in [5.74, 6) is -2.16. The molecule has 1 aromatic rings. The van der Waals surface area contributed by atoms with Crippen LogP contribution in [0.2, 0.25) is 0 Å². The third-order valence-electron chi connectivity index (χ3n) is 3.32. The Balaban J connectivity index is 2.26. The third-order valence-corrected chi connectivity index (χ3v) is 3.32. The average molecular weight is 276 g/mol. The van der Waals surface area contributed by atoms with E-state index in [-0.39, 0.29) is 6.54 Å². The van der Waals surface area contributed by atoms with Crippen LogP contribution >= 0.6 is 0 Å². The number of imide groups is 1. The molecule has 1 N–H and O–H groups in total. The molecule has 1 unspecified atom stereocenters. The van der Waals surface area contributed by atoms with Gasteiger partial charge >= 0.3 is 5.97 Å². The molecule has 6 heteroatoms. The Hall–Kier alpha value is -2.37. The molecule has 6 nitrogen and oxygen atoms in total. The van der Waals surface area contributed by atoms with Gasteiger partial charge in [0.1, 0.15) is 12.6 Å². The smallest absolute Gasteiger partial charge is 0.323 e. The van der Waals surface area contributed by atoms with Crippen LogP contribution in [-0.2, 0) is 14.4 Å². The summed E-state index contributed by atoms with van der Waals surface area (Å²) in [6, 6.07) is 6.95. The third kappa shape index (κ3) is 2.64. The highest BCUT2D eigenvalue weighted by molar-refractivity contribution is 6.06. The Bertz CT molecular complexity index is 570. The van der Waals surface area contributed by atoms with Crippen LogP contribution in [0.4, 0.5) is 5.69 Å². The lowest BCUT2D eigenvalue weighted by Crippen LogP contribution is -2.60. The van der Waals surface area contributed by atoms with Gasteiger partial charge in [0.2, 0.25) is 5.91 Å². The summed E-state index contributed by atoms with van der Waals surface area (Å²) >= 11 is 0. The fourth-order valence-electron chi connectivity index (χ4n) is 2.27. The number of aliphatic carboxylic acids is 1. The lowest BCUT2D eigenvalue weighted by atomic mass is 10.1. The van der Waals surface area contributed by atoms with Gasteiger partial charge in [-0.15, -0.1) is 0 Å². The van der Waals surface area contributed by atoms with Gasteiger partial charge < -0.3 is 10.0 Å². The van der Waals surface area contributed by atoms with Crippen LogP contribution in [0.15, 0.2) is 24.3 Å². The molecule has 1 aliphatic rings. The van der Waals surface area contributed by atoms with E-state index in [0.29, 0.717) is 0 Å². The highest BCUT2D eigenvalue weighted by Crippen LogP contribution is 2.22. The number of carboxylic acid groups (broad SMARTS) is 1. The molecule has 1 atom stereocenters. The van der Waals surface area contributed by atoms with Crippen LogP contribution in [0, 0.1) is 6.92 Å². The number of aryl methyl sites for hydroxylation is 1. The normalized spacial score (nSPS) is 19.4. The van der Waals surface area contributed by atoms with Gasteiger partial charge in [-0.3, -0.25) is 19.3 Å². The zero-order valence-corrected chi connectivity index (χ0v) is 11.4. The molecule has 1 heterocycles. The van der Waals surface area contributed by atoms with E-state index in [1.165, 1.54) is 0 Å². The molecule has 0 aliphatic carbocycles. The van der Waals surface area contributed by atoms with Crippen LogP contribution in [0.3, 0.4) is 0 Å². The predicted molar refractivity (Wildman–Crippen MR) is 72.3 cm³/mol. The first-order valence-corrected chi connectivity index (χ1v) is 6.29. The molecule has 1 saturated heterocycles. The van der Waals surface area contributed by atoms with Crippen LogP contribution in [-0.4, -0.2) is 46.9 Å². The van der Waals surface area contributed by atoms with E-state index in [1.807, 2.05) is 31.2 Å². The zero-order chi connectivity index (χ0) is 14.9. The van der Waals surface area contributed by atoms with Crippen LogP contribution < -0.4 is 4.90 Å². The van der Waals surface area contributed by atoms with Crippen LogP contribution in [0.1, 0.15) is 12.5 Å². The highest BCUT2D eigenvalue weighted by atomic mass is 16.4. The SMILES string of the molecule is Cc1cccc(N2CC(=O)N(CC(=O)O)C(=O)C2C)c1. The topological polar surface area (TPSA) is 77.9 Å². The van der Waals surface area contributed by atoms with Crippen molar-refractivity contribution in [2.75, 3.05) is 18.0 Å². The summed E-state index contributed by atoms with van der Waals surface area (Å²) in [6.45, 7) is 3.03. The molecule has 0 saturated carbocycles. The fourth-order valence-corrected chi connectivity index (χ4v) is 2.27. The maximum absolute atomic E-state index is 12.1. The van der Waals surface area contributed by atoms with E-state index in [1.54, 1.807) is 11.8 Å². The van der Waals surface area contributed by atoms with Crippen molar-refractivity contribution < 1.29 is 19.5 Å². The standard InChI is InChI=1S/C14H16N2O4/c1-9-4-3-5-11(6-9)15-7-12(17)16(8-13(18)19)14(20)10(15)2/h3-6,10H,7-8H2,1-2H3,(H,18,19). The number of hydrogen-bond acceptors (Lipinski definition) is 4.